The Labute approximate surface area is 85.7 Å². The molecule has 2 N–H and O–H groups in total. The van der Waals surface area contributed by atoms with Gasteiger partial charge in [0.25, 0.3) is 0 Å². The van der Waals surface area contributed by atoms with Crippen LogP contribution < -0.4 is 5.90 Å². The fraction of sp³-hybridized carbons (Fsp3) is 1.00. The second-order valence-electron chi connectivity index (χ2n) is 4.57. The van der Waals surface area contributed by atoms with Crippen molar-refractivity contribution >= 4 is 9.84 Å². The summed E-state index contributed by atoms with van der Waals surface area (Å²) in [6.07, 6.45) is 3.02. The number of rotatable bonds is 3. The van der Waals surface area contributed by atoms with Crippen LogP contribution in [0.4, 0.5) is 0 Å². The molecule has 0 bridgehead atoms. The van der Waals surface area contributed by atoms with Crippen LogP contribution in [-0.4, -0.2) is 25.0 Å². The maximum Gasteiger partial charge on any atom is 0.153 e. The van der Waals surface area contributed by atoms with Gasteiger partial charge in [-0.05, 0) is 33.1 Å². The molecule has 0 aromatic heterocycles. The molecule has 4 nitrogen and oxygen atoms in total. The lowest BCUT2D eigenvalue weighted by atomic mass is 9.99. The first-order valence-corrected chi connectivity index (χ1v) is 6.68. The third-order valence-electron chi connectivity index (χ3n) is 2.75. The van der Waals surface area contributed by atoms with E-state index in [2.05, 4.69) is 0 Å². The zero-order chi connectivity index (χ0) is 10.8. The van der Waals surface area contributed by atoms with E-state index in [1.54, 1.807) is 0 Å². The first-order valence-electron chi connectivity index (χ1n) is 4.97. The minimum absolute atomic E-state index is 0.269. The van der Waals surface area contributed by atoms with Crippen molar-refractivity contribution in [2.24, 2.45) is 5.90 Å². The molecule has 1 rings (SSSR count). The summed E-state index contributed by atoms with van der Waals surface area (Å²) in [6, 6.07) is 0. The Morgan fingerprint density at radius 2 is 2.07 bits per heavy atom. The summed E-state index contributed by atoms with van der Waals surface area (Å²) < 4.78 is 23.4. The van der Waals surface area contributed by atoms with Gasteiger partial charge < -0.3 is 0 Å². The van der Waals surface area contributed by atoms with Crippen LogP contribution in [0.5, 0.6) is 0 Å². The summed E-state index contributed by atoms with van der Waals surface area (Å²) in [5.41, 5.74) is -0.547. The van der Waals surface area contributed by atoms with E-state index >= 15 is 0 Å². The molecule has 1 heterocycles. The van der Waals surface area contributed by atoms with E-state index in [9.17, 15) is 8.42 Å². The molecule has 1 fully saturated rings. The Hall–Kier alpha value is -0.130. The highest BCUT2D eigenvalue weighted by Gasteiger charge is 2.34. The highest BCUT2D eigenvalue weighted by atomic mass is 32.2. The summed E-state index contributed by atoms with van der Waals surface area (Å²) in [5.74, 6) is 5.43. The Morgan fingerprint density at radius 1 is 1.43 bits per heavy atom. The summed E-state index contributed by atoms with van der Waals surface area (Å²) in [4.78, 5) is 4.77. The minimum atomic E-state index is -2.90. The molecule has 0 aliphatic carbocycles. The van der Waals surface area contributed by atoms with E-state index < -0.39 is 15.4 Å². The van der Waals surface area contributed by atoms with Crippen LogP contribution in [0.2, 0.25) is 0 Å². The van der Waals surface area contributed by atoms with E-state index in [1.165, 1.54) is 0 Å². The molecule has 5 heteroatoms. The van der Waals surface area contributed by atoms with Crippen LogP contribution in [0.1, 0.15) is 39.5 Å². The van der Waals surface area contributed by atoms with Crippen molar-refractivity contribution in [3.05, 3.63) is 0 Å². The summed E-state index contributed by atoms with van der Waals surface area (Å²) in [5, 5.41) is -0.269. The molecule has 1 saturated heterocycles. The number of nitrogens with two attached hydrogens (primary N) is 1. The van der Waals surface area contributed by atoms with Gasteiger partial charge in [0.2, 0.25) is 0 Å². The zero-order valence-electron chi connectivity index (χ0n) is 8.82. The van der Waals surface area contributed by atoms with Crippen LogP contribution in [0.25, 0.3) is 0 Å². The third kappa shape index (κ3) is 2.93. The maximum atomic E-state index is 11.7. The lowest BCUT2D eigenvalue weighted by Gasteiger charge is -2.29. The molecular formula is C9H19NO3S. The van der Waals surface area contributed by atoms with Crippen LogP contribution in [0.3, 0.4) is 0 Å². The lowest BCUT2D eigenvalue weighted by Crippen LogP contribution is -2.38. The van der Waals surface area contributed by atoms with E-state index in [0.717, 1.165) is 19.3 Å². The molecule has 1 atom stereocenters. The van der Waals surface area contributed by atoms with Crippen LogP contribution >= 0.6 is 0 Å². The Morgan fingerprint density at radius 3 is 2.57 bits per heavy atom. The van der Waals surface area contributed by atoms with Gasteiger partial charge in [-0.3, -0.25) is 4.84 Å². The highest BCUT2D eigenvalue weighted by Crippen LogP contribution is 2.27. The number of sulfone groups is 1. The second kappa shape index (κ2) is 4.16. The van der Waals surface area contributed by atoms with E-state index in [0.29, 0.717) is 12.2 Å². The smallest absolute Gasteiger partial charge is 0.153 e. The van der Waals surface area contributed by atoms with Gasteiger partial charge in [-0.1, -0.05) is 6.42 Å². The average Bonchev–Trinajstić information content (AvgIpc) is 2.09. The summed E-state index contributed by atoms with van der Waals surface area (Å²) in [6.45, 7) is 3.63. The standard InChI is InChI=1S/C9H19NO3S/c1-9(2,13-10)7-8-5-3-4-6-14(8,11)12/h8H,3-7,10H2,1-2H3. The molecule has 0 radical (unpaired) electrons. The molecule has 0 spiro atoms. The van der Waals surface area contributed by atoms with Crippen molar-refractivity contribution in [1.82, 2.24) is 0 Å². The molecule has 1 aliphatic heterocycles. The van der Waals surface area contributed by atoms with Crippen LogP contribution in [0.15, 0.2) is 0 Å². The summed E-state index contributed by atoms with van der Waals surface area (Å²) >= 11 is 0. The third-order valence-corrected chi connectivity index (χ3v) is 5.03. The van der Waals surface area contributed by atoms with Gasteiger partial charge in [0.05, 0.1) is 16.6 Å². The molecule has 84 valence electrons. The molecule has 0 aromatic rings. The van der Waals surface area contributed by atoms with E-state index in [-0.39, 0.29) is 5.25 Å². The van der Waals surface area contributed by atoms with Gasteiger partial charge in [0.1, 0.15) is 0 Å². The molecule has 0 saturated carbocycles. The molecule has 1 aliphatic rings. The fourth-order valence-corrected chi connectivity index (χ4v) is 3.97. The predicted molar refractivity (Wildman–Crippen MR) is 55.4 cm³/mol. The molecule has 1 unspecified atom stereocenters. The predicted octanol–water partition coefficient (Wildman–Crippen LogP) is 1.01. The fourth-order valence-electron chi connectivity index (χ4n) is 1.85. The van der Waals surface area contributed by atoms with Gasteiger partial charge in [0.15, 0.2) is 9.84 Å². The van der Waals surface area contributed by atoms with Gasteiger partial charge in [-0.15, -0.1) is 0 Å². The summed E-state index contributed by atoms with van der Waals surface area (Å²) in [7, 11) is -2.90. The molecule has 14 heavy (non-hydrogen) atoms. The van der Waals surface area contributed by atoms with Crippen molar-refractivity contribution in [3.63, 3.8) is 0 Å². The van der Waals surface area contributed by atoms with Crippen molar-refractivity contribution in [2.75, 3.05) is 5.75 Å². The first-order chi connectivity index (χ1) is 6.37. The van der Waals surface area contributed by atoms with Crippen molar-refractivity contribution in [3.8, 4) is 0 Å². The van der Waals surface area contributed by atoms with Gasteiger partial charge in [-0.2, -0.15) is 0 Å². The zero-order valence-corrected chi connectivity index (χ0v) is 9.64. The van der Waals surface area contributed by atoms with Crippen LogP contribution in [0, 0.1) is 0 Å². The van der Waals surface area contributed by atoms with E-state index in [4.69, 9.17) is 10.7 Å². The SMILES string of the molecule is CC(C)(CC1CCCCS1(=O)=O)ON. The van der Waals surface area contributed by atoms with Crippen LogP contribution in [-0.2, 0) is 14.7 Å². The van der Waals surface area contributed by atoms with Crippen molar-refractivity contribution in [2.45, 2.75) is 50.4 Å². The van der Waals surface area contributed by atoms with Gasteiger partial charge in [0, 0.05) is 0 Å². The lowest BCUT2D eigenvalue weighted by molar-refractivity contribution is -0.0264. The van der Waals surface area contributed by atoms with Crippen molar-refractivity contribution < 1.29 is 13.3 Å². The van der Waals surface area contributed by atoms with E-state index in [1.807, 2.05) is 13.8 Å². The topological polar surface area (TPSA) is 69.4 Å². The Balaban J connectivity index is 2.68. The molecule has 0 aromatic carbocycles. The van der Waals surface area contributed by atoms with Crippen molar-refractivity contribution in [1.29, 1.82) is 0 Å². The largest absolute Gasteiger partial charge is 0.299 e. The van der Waals surface area contributed by atoms with Gasteiger partial charge in [-0.25, -0.2) is 14.3 Å². The molecule has 0 amide bonds. The second-order valence-corrected chi connectivity index (χ2v) is 6.97. The average molecular weight is 221 g/mol. The maximum absolute atomic E-state index is 11.7. The van der Waals surface area contributed by atoms with Gasteiger partial charge >= 0.3 is 0 Å². The monoisotopic (exact) mass is 221 g/mol. The normalized spacial score (nSPS) is 27.5. The number of hydrogen-bond donors (Lipinski definition) is 1. The Kier molecular flexibility index (Phi) is 3.55. The highest BCUT2D eigenvalue weighted by molar-refractivity contribution is 7.92. The number of hydrogen-bond acceptors (Lipinski definition) is 4. The first kappa shape index (κ1) is 11.9. The minimum Gasteiger partial charge on any atom is -0.299 e. The quantitative estimate of drug-likeness (QED) is 0.722. The molecular weight excluding hydrogens is 202 g/mol. The Bertz CT molecular complexity index is 284.